The third-order valence-corrected chi connectivity index (χ3v) is 7.51. The summed E-state index contributed by atoms with van der Waals surface area (Å²) < 4.78 is 0. The Morgan fingerprint density at radius 3 is 2.18 bits per heavy atom. The molecule has 0 aliphatic carbocycles. The van der Waals surface area contributed by atoms with Crippen LogP contribution in [0.3, 0.4) is 0 Å². The predicted octanol–water partition coefficient (Wildman–Crippen LogP) is 3.56. The van der Waals surface area contributed by atoms with Crippen molar-refractivity contribution in [3.63, 3.8) is 0 Å². The molecule has 1 aromatic heterocycles. The molecule has 1 atom stereocenters. The number of nitrogens with zero attached hydrogens (tertiary/aromatic N) is 5. The van der Waals surface area contributed by atoms with E-state index in [2.05, 4.69) is 60.1 Å². The van der Waals surface area contributed by atoms with Gasteiger partial charge in [-0.05, 0) is 88.9 Å². The second-order valence-corrected chi connectivity index (χ2v) is 11.7. The Bertz CT molecular complexity index is 1370. The molecule has 1 aliphatic heterocycles. The molecule has 2 aromatic carbocycles. The predicted molar refractivity (Wildman–Crippen MR) is 176 cm³/mol. The van der Waals surface area contributed by atoms with Crippen LogP contribution in [-0.4, -0.2) is 96.4 Å². The molecule has 6 bridgehead atoms. The number of likely N-dealkylation sites (N-methyl/N-ethyl adjacent to an activating group) is 2. The van der Waals surface area contributed by atoms with Crippen LogP contribution < -0.4 is 21.3 Å². The standard InChI is InChI=1S/C33H47N9O2/c1-5-42-17-15-34-33(44)29(14-6-7-16-40(2)3)39-32(43)23-41(4)21-25-10-8-12-27(18-25)37-30-20-31(36-24-35-30)38-28-13-9-11-26(19-28)22-42/h8-13,18-20,24,29H,5-7,14-17,21-23H2,1-4H3,(H,34,44)(H,39,43)(H2,35,36,37,38). The first-order chi connectivity index (χ1) is 21.3. The van der Waals surface area contributed by atoms with Gasteiger partial charge in [-0.1, -0.05) is 31.2 Å². The van der Waals surface area contributed by atoms with E-state index >= 15 is 0 Å². The summed E-state index contributed by atoms with van der Waals surface area (Å²) in [6.07, 6.45) is 3.95. The average Bonchev–Trinajstić information content (AvgIpc) is 2.98. The summed E-state index contributed by atoms with van der Waals surface area (Å²) in [7, 11) is 5.99. The van der Waals surface area contributed by atoms with E-state index in [-0.39, 0.29) is 18.4 Å². The minimum absolute atomic E-state index is 0.131. The van der Waals surface area contributed by atoms with Gasteiger partial charge in [0.15, 0.2) is 0 Å². The van der Waals surface area contributed by atoms with Crippen molar-refractivity contribution >= 4 is 34.8 Å². The fraction of sp³-hybridized carbons (Fsp3) is 0.455. The highest BCUT2D eigenvalue weighted by Gasteiger charge is 2.21. The van der Waals surface area contributed by atoms with Crippen LogP contribution in [0.25, 0.3) is 0 Å². The Kier molecular flexibility index (Phi) is 12.5. The normalized spacial score (nSPS) is 17.7. The first-order valence-corrected chi connectivity index (χ1v) is 15.4. The van der Waals surface area contributed by atoms with Crippen LogP contribution in [0.2, 0.25) is 0 Å². The van der Waals surface area contributed by atoms with Crippen molar-refractivity contribution in [3.8, 4) is 0 Å². The van der Waals surface area contributed by atoms with Crippen molar-refractivity contribution < 1.29 is 9.59 Å². The molecular formula is C33H47N9O2. The van der Waals surface area contributed by atoms with Gasteiger partial charge < -0.3 is 26.2 Å². The number of carbonyl (C=O) groups excluding carboxylic acids is 2. The molecule has 236 valence electrons. The smallest absolute Gasteiger partial charge is 0.242 e. The number of carbonyl (C=O) groups is 2. The van der Waals surface area contributed by atoms with Crippen LogP contribution in [0.5, 0.6) is 0 Å². The zero-order valence-electron chi connectivity index (χ0n) is 26.5. The molecule has 1 unspecified atom stereocenters. The Balaban J connectivity index is 1.54. The molecule has 0 saturated carbocycles. The Morgan fingerprint density at radius 1 is 0.886 bits per heavy atom. The van der Waals surface area contributed by atoms with E-state index in [9.17, 15) is 9.59 Å². The maximum atomic E-state index is 13.3. The molecule has 11 nitrogen and oxygen atoms in total. The van der Waals surface area contributed by atoms with Crippen LogP contribution in [0.1, 0.15) is 37.3 Å². The monoisotopic (exact) mass is 601 g/mol. The second-order valence-electron chi connectivity index (χ2n) is 11.7. The van der Waals surface area contributed by atoms with Gasteiger partial charge in [0.1, 0.15) is 24.0 Å². The highest BCUT2D eigenvalue weighted by molar-refractivity contribution is 5.88. The molecule has 0 spiro atoms. The molecule has 11 heteroatoms. The lowest BCUT2D eigenvalue weighted by Crippen LogP contribution is -2.50. The van der Waals surface area contributed by atoms with Crippen molar-refractivity contribution in [2.45, 2.75) is 45.3 Å². The lowest BCUT2D eigenvalue weighted by atomic mass is 10.1. The van der Waals surface area contributed by atoms with E-state index < -0.39 is 6.04 Å². The fourth-order valence-electron chi connectivity index (χ4n) is 5.25. The number of hydrogen-bond acceptors (Lipinski definition) is 9. The van der Waals surface area contributed by atoms with Gasteiger partial charge in [0.2, 0.25) is 11.8 Å². The van der Waals surface area contributed by atoms with Crippen molar-refractivity contribution in [1.29, 1.82) is 0 Å². The lowest BCUT2D eigenvalue weighted by Gasteiger charge is -2.24. The maximum absolute atomic E-state index is 13.3. The molecule has 0 radical (unpaired) electrons. The van der Waals surface area contributed by atoms with Gasteiger partial charge >= 0.3 is 0 Å². The number of unbranched alkanes of at least 4 members (excludes halogenated alkanes) is 1. The zero-order chi connectivity index (χ0) is 31.3. The van der Waals surface area contributed by atoms with Crippen LogP contribution in [-0.2, 0) is 22.7 Å². The Morgan fingerprint density at radius 2 is 1.55 bits per heavy atom. The largest absolute Gasteiger partial charge is 0.353 e. The highest BCUT2D eigenvalue weighted by Crippen LogP contribution is 2.21. The summed E-state index contributed by atoms with van der Waals surface area (Å²) in [6.45, 7) is 6.60. The van der Waals surface area contributed by atoms with Gasteiger partial charge in [-0.25, -0.2) is 9.97 Å². The summed E-state index contributed by atoms with van der Waals surface area (Å²) in [6, 6.07) is 17.6. The first-order valence-electron chi connectivity index (χ1n) is 15.4. The number of aromatic nitrogens is 2. The molecule has 44 heavy (non-hydrogen) atoms. The summed E-state index contributed by atoms with van der Waals surface area (Å²) in [5, 5.41) is 12.9. The SMILES string of the molecule is CCN1CCNC(=O)C(CCCCN(C)C)NC(=O)CN(C)Cc2cccc(c2)Nc2cc(ncn2)Nc2cccc(c2)C1. The van der Waals surface area contributed by atoms with E-state index in [0.29, 0.717) is 37.7 Å². The Hall–Kier alpha value is -4.06. The summed E-state index contributed by atoms with van der Waals surface area (Å²) in [5.74, 6) is 1.07. The van der Waals surface area contributed by atoms with Crippen LogP contribution in [0, 0.1) is 0 Å². The van der Waals surface area contributed by atoms with Gasteiger partial charge in [-0.2, -0.15) is 0 Å². The van der Waals surface area contributed by atoms with Crippen molar-refractivity contribution in [1.82, 2.24) is 35.3 Å². The van der Waals surface area contributed by atoms with Gasteiger partial charge in [0.05, 0.1) is 6.54 Å². The summed E-state index contributed by atoms with van der Waals surface area (Å²) >= 11 is 0. The molecule has 3 aromatic rings. The Labute approximate surface area is 261 Å². The first kappa shape index (κ1) is 32.8. The quantitative estimate of drug-likeness (QED) is 0.315. The van der Waals surface area contributed by atoms with E-state index in [1.165, 1.54) is 6.33 Å². The summed E-state index contributed by atoms with van der Waals surface area (Å²) in [4.78, 5) is 41.6. The third-order valence-electron chi connectivity index (χ3n) is 7.51. The molecule has 2 heterocycles. The molecule has 0 fully saturated rings. The van der Waals surface area contributed by atoms with Gasteiger partial charge in [-0.15, -0.1) is 0 Å². The minimum Gasteiger partial charge on any atom is -0.353 e. The number of fused-ring (bicyclic) bond motifs is 6. The summed E-state index contributed by atoms with van der Waals surface area (Å²) in [5.41, 5.74) is 4.03. The lowest BCUT2D eigenvalue weighted by molar-refractivity contribution is -0.129. The third kappa shape index (κ3) is 10.9. The second kappa shape index (κ2) is 16.7. The van der Waals surface area contributed by atoms with Crippen molar-refractivity contribution in [2.75, 3.05) is 64.5 Å². The van der Waals surface area contributed by atoms with E-state index in [1.54, 1.807) is 0 Å². The van der Waals surface area contributed by atoms with Crippen molar-refractivity contribution in [2.24, 2.45) is 0 Å². The molecular weight excluding hydrogens is 554 g/mol. The number of amides is 2. The van der Waals surface area contributed by atoms with Crippen LogP contribution in [0.15, 0.2) is 60.9 Å². The molecule has 4 rings (SSSR count). The van der Waals surface area contributed by atoms with Crippen LogP contribution >= 0.6 is 0 Å². The fourth-order valence-corrected chi connectivity index (χ4v) is 5.25. The molecule has 0 saturated heterocycles. The van der Waals surface area contributed by atoms with Crippen LogP contribution in [0.4, 0.5) is 23.0 Å². The van der Waals surface area contributed by atoms with Gasteiger partial charge in [-0.3, -0.25) is 19.4 Å². The van der Waals surface area contributed by atoms with Crippen molar-refractivity contribution in [3.05, 3.63) is 72.1 Å². The topological polar surface area (TPSA) is 118 Å². The number of nitrogens with one attached hydrogen (secondary N) is 4. The minimum atomic E-state index is -0.568. The number of anilines is 4. The zero-order valence-corrected chi connectivity index (χ0v) is 26.5. The van der Waals surface area contributed by atoms with E-state index in [4.69, 9.17) is 0 Å². The molecule has 4 N–H and O–H groups in total. The van der Waals surface area contributed by atoms with E-state index in [0.717, 1.165) is 55.0 Å². The number of hydrogen-bond donors (Lipinski definition) is 4. The maximum Gasteiger partial charge on any atom is 0.242 e. The van der Waals surface area contributed by atoms with Gasteiger partial charge in [0.25, 0.3) is 0 Å². The molecule has 1 aliphatic rings. The average molecular weight is 602 g/mol. The van der Waals surface area contributed by atoms with Gasteiger partial charge in [0, 0.05) is 43.6 Å². The molecule has 2 amide bonds. The van der Waals surface area contributed by atoms with E-state index in [1.807, 2.05) is 68.5 Å². The highest BCUT2D eigenvalue weighted by atomic mass is 16.2. The number of benzene rings is 2. The number of rotatable bonds is 6.